The van der Waals surface area contributed by atoms with E-state index in [9.17, 15) is 9.59 Å². The van der Waals surface area contributed by atoms with Crippen LogP contribution in [0.2, 0.25) is 0 Å². The van der Waals surface area contributed by atoms with Crippen LogP contribution in [0.4, 0.5) is 0 Å². The van der Waals surface area contributed by atoms with E-state index in [2.05, 4.69) is 5.32 Å². The molecule has 0 unspecified atom stereocenters. The van der Waals surface area contributed by atoms with E-state index in [0.29, 0.717) is 6.61 Å². The second-order valence-corrected chi connectivity index (χ2v) is 3.86. The molecule has 15 heavy (non-hydrogen) atoms. The van der Waals surface area contributed by atoms with Crippen LogP contribution in [0.15, 0.2) is 0 Å². The predicted octanol–water partition coefficient (Wildman–Crippen LogP) is 1.07. The number of alkyl halides is 1. The minimum Gasteiger partial charge on any atom is -0.466 e. The van der Waals surface area contributed by atoms with Crippen molar-refractivity contribution in [1.82, 2.24) is 5.32 Å². The second kappa shape index (κ2) is 5.95. The van der Waals surface area contributed by atoms with E-state index >= 15 is 0 Å². The first-order valence-corrected chi connectivity index (χ1v) is 5.74. The summed E-state index contributed by atoms with van der Waals surface area (Å²) in [6, 6.07) is -0.102. The zero-order valence-electron chi connectivity index (χ0n) is 8.79. The van der Waals surface area contributed by atoms with Gasteiger partial charge < -0.3 is 10.1 Å². The van der Waals surface area contributed by atoms with Crippen LogP contribution < -0.4 is 5.32 Å². The largest absolute Gasteiger partial charge is 0.466 e. The van der Waals surface area contributed by atoms with Gasteiger partial charge in [0.2, 0.25) is 5.91 Å². The number of amides is 1. The Labute approximate surface area is 94.3 Å². The van der Waals surface area contributed by atoms with Crippen molar-refractivity contribution in [3.63, 3.8) is 0 Å². The molecule has 86 valence electrons. The molecule has 0 heterocycles. The number of carbonyl (C=O) groups is 2. The molecule has 0 aromatic carbocycles. The third kappa shape index (κ3) is 3.38. The molecule has 1 aliphatic rings. The third-order valence-electron chi connectivity index (χ3n) is 2.57. The van der Waals surface area contributed by atoms with Crippen molar-refractivity contribution in [3.8, 4) is 0 Å². The number of hydrogen-bond donors (Lipinski definition) is 1. The van der Waals surface area contributed by atoms with Crippen LogP contribution in [0.1, 0.15) is 26.2 Å². The molecule has 1 aliphatic carbocycles. The summed E-state index contributed by atoms with van der Waals surface area (Å²) >= 11 is 5.39. The van der Waals surface area contributed by atoms with Gasteiger partial charge in [0.1, 0.15) is 5.88 Å². The molecule has 0 radical (unpaired) electrons. The maximum atomic E-state index is 11.5. The summed E-state index contributed by atoms with van der Waals surface area (Å²) in [5.41, 5.74) is 0. The average molecular weight is 234 g/mol. The van der Waals surface area contributed by atoms with E-state index < -0.39 is 0 Å². The normalized spacial score (nSPS) is 24.9. The van der Waals surface area contributed by atoms with Gasteiger partial charge in [-0.25, -0.2) is 0 Å². The number of halogens is 1. The van der Waals surface area contributed by atoms with Crippen LogP contribution in [0.3, 0.4) is 0 Å². The fraction of sp³-hybridized carbons (Fsp3) is 0.800. The molecule has 1 N–H and O–H groups in total. The van der Waals surface area contributed by atoms with Crippen LogP contribution in [-0.2, 0) is 14.3 Å². The highest BCUT2D eigenvalue weighted by Crippen LogP contribution is 2.26. The highest BCUT2D eigenvalue weighted by atomic mass is 35.5. The summed E-state index contributed by atoms with van der Waals surface area (Å²) in [7, 11) is 0. The molecular weight excluding hydrogens is 218 g/mol. The van der Waals surface area contributed by atoms with Crippen LogP contribution in [0, 0.1) is 5.92 Å². The Kier molecular flexibility index (Phi) is 4.88. The van der Waals surface area contributed by atoms with Crippen LogP contribution in [0.25, 0.3) is 0 Å². The lowest BCUT2D eigenvalue weighted by molar-refractivity contribution is -0.148. The lowest BCUT2D eigenvalue weighted by Gasteiger charge is -2.18. The number of nitrogens with one attached hydrogen (secondary N) is 1. The molecule has 5 heteroatoms. The zero-order valence-corrected chi connectivity index (χ0v) is 9.55. The van der Waals surface area contributed by atoms with Crippen molar-refractivity contribution in [2.75, 3.05) is 12.5 Å². The topological polar surface area (TPSA) is 55.4 Å². The summed E-state index contributed by atoms with van der Waals surface area (Å²) in [6.07, 6.45) is 2.55. The molecule has 0 bridgehead atoms. The van der Waals surface area contributed by atoms with Gasteiger partial charge in [-0.2, -0.15) is 0 Å². The molecule has 1 amide bonds. The quantitative estimate of drug-likeness (QED) is 0.584. The fourth-order valence-electron chi connectivity index (χ4n) is 1.91. The molecule has 0 saturated heterocycles. The van der Waals surface area contributed by atoms with Gasteiger partial charge in [-0.3, -0.25) is 9.59 Å². The first-order valence-electron chi connectivity index (χ1n) is 5.21. The summed E-state index contributed by atoms with van der Waals surface area (Å²) in [6.45, 7) is 2.16. The summed E-state index contributed by atoms with van der Waals surface area (Å²) in [5, 5.41) is 2.75. The lowest BCUT2D eigenvalue weighted by Crippen LogP contribution is -2.41. The Morgan fingerprint density at radius 1 is 1.47 bits per heavy atom. The maximum absolute atomic E-state index is 11.5. The van der Waals surface area contributed by atoms with Crippen LogP contribution in [-0.4, -0.2) is 30.4 Å². The van der Waals surface area contributed by atoms with Crippen LogP contribution in [0.5, 0.6) is 0 Å². The SMILES string of the molecule is CCOC(=O)[C@H]1CCC[C@H]1NC(=O)CCl. The summed E-state index contributed by atoms with van der Waals surface area (Å²) < 4.78 is 4.95. The average Bonchev–Trinajstić information content (AvgIpc) is 2.66. The Balaban J connectivity index is 2.49. The Morgan fingerprint density at radius 3 is 2.80 bits per heavy atom. The highest BCUT2D eigenvalue weighted by molar-refractivity contribution is 6.27. The van der Waals surface area contributed by atoms with Crippen molar-refractivity contribution >= 4 is 23.5 Å². The van der Waals surface area contributed by atoms with E-state index in [-0.39, 0.29) is 29.7 Å². The summed E-state index contributed by atoms with van der Waals surface area (Å²) in [5.74, 6) is -0.698. The van der Waals surface area contributed by atoms with E-state index in [1.807, 2.05) is 0 Å². The van der Waals surface area contributed by atoms with Crippen molar-refractivity contribution in [2.45, 2.75) is 32.2 Å². The Morgan fingerprint density at radius 2 is 2.20 bits per heavy atom. The Bertz CT molecular complexity index is 245. The van der Waals surface area contributed by atoms with Gasteiger partial charge >= 0.3 is 5.97 Å². The second-order valence-electron chi connectivity index (χ2n) is 3.60. The van der Waals surface area contributed by atoms with Gasteiger partial charge in [0, 0.05) is 6.04 Å². The monoisotopic (exact) mass is 233 g/mol. The smallest absolute Gasteiger partial charge is 0.311 e. The van der Waals surface area contributed by atoms with E-state index in [1.54, 1.807) is 6.92 Å². The highest BCUT2D eigenvalue weighted by Gasteiger charge is 2.34. The van der Waals surface area contributed by atoms with Crippen molar-refractivity contribution < 1.29 is 14.3 Å². The van der Waals surface area contributed by atoms with Crippen molar-refractivity contribution in [3.05, 3.63) is 0 Å². The van der Waals surface area contributed by atoms with Crippen molar-refractivity contribution in [2.24, 2.45) is 5.92 Å². The molecule has 0 aliphatic heterocycles. The van der Waals surface area contributed by atoms with Gasteiger partial charge in [0.05, 0.1) is 12.5 Å². The molecule has 1 saturated carbocycles. The fourth-order valence-corrected chi connectivity index (χ4v) is 1.99. The molecule has 0 aromatic rings. The van der Waals surface area contributed by atoms with Gasteiger partial charge in [-0.1, -0.05) is 6.42 Å². The number of hydrogen-bond acceptors (Lipinski definition) is 3. The number of esters is 1. The van der Waals surface area contributed by atoms with Crippen LogP contribution >= 0.6 is 11.6 Å². The van der Waals surface area contributed by atoms with Gasteiger partial charge in [-0.15, -0.1) is 11.6 Å². The first-order chi connectivity index (χ1) is 7.19. The molecule has 1 fully saturated rings. The lowest BCUT2D eigenvalue weighted by atomic mass is 10.0. The third-order valence-corrected chi connectivity index (χ3v) is 2.82. The predicted molar refractivity (Wildman–Crippen MR) is 56.6 cm³/mol. The zero-order chi connectivity index (χ0) is 11.3. The molecule has 0 aromatic heterocycles. The summed E-state index contributed by atoms with van der Waals surface area (Å²) in [4.78, 5) is 22.6. The molecular formula is C10H16ClNO3. The van der Waals surface area contributed by atoms with Gasteiger partial charge in [-0.05, 0) is 19.8 Å². The van der Waals surface area contributed by atoms with Gasteiger partial charge in [0.15, 0.2) is 0 Å². The molecule has 2 atom stereocenters. The number of carbonyl (C=O) groups excluding carboxylic acids is 2. The molecule has 0 spiro atoms. The standard InChI is InChI=1S/C10H16ClNO3/c1-2-15-10(14)7-4-3-5-8(7)12-9(13)6-11/h7-8H,2-6H2,1H3,(H,12,13)/t7-,8+/m0/s1. The van der Waals surface area contributed by atoms with E-state index in [4.69, 9.17) is 16.3 Å². The minimum absolute atomic E-state index is 0.0634. The van der Waals surface area contributed by atoms with E-state index in [1.165, 1.54) is 0 Å². The first kappa shape index (κ1) is 12.3. The van der Waals surface area contributed by atoms with Gasteiger partial charge in [0.25, 0.3) is 0 Å². The number of ether oxygens (including phenoxy) is 1. The maximum Gasteiger partial charge on any atom is 0.311 e. The minimum atomic E-state index is -0.224. The van der Waals surface area contributed by atoms with Crippen molar-refractivity contribution in [1.29, 1.82) is 0 Å². The number of rotatable bonds is 4. The van der Waals surface area contributed by atoms with E-state index in [0.717, 1.165) is 19.3 Å². The molecule has 1 rings (SSSR count). The molecule has 4 nitrogen and oxygen atoms in total. The Hall–Kier alpha value is -0.770.